The SMILES string of the molecule is CCNCC1CCCCCC1c1cccc2ccncc12. The minimum Gasteiger partial charge on any atom is -0.317 e. The maximum atomic E-state index is 4.36. The predicted molar refractivity (Wildman–Crippen MR) is 89.6 cm³/mol. The summed E-state index contributed by atoms with van der Waals surface area (Å²) < 4.78 is 0. The van der Waals surface area contributed by atoms with Crippen LogP contribution in [-0.4, -0.2) is 18.1 Å². The third-order valence-electron chi connectivity index (χ3n) is 4.93. The van der Waals surface area contributed by atoms with Crippen molar-refractivity contribution in [3.05, 3.63) is 42.2 Å². The third-order valence-corrected chi connectivity index (χ3v) is 4.93. The van der Waals surface area contributed by atoms with E-state index >= 15 is 0 Å². The molecule has 112 valence electrons. The zero-order valence-corrected chi connectivity index (χ0v) is 13.0. The number of hydrogen-bond donors (Lipinski definition) is 1. The molecule has 1 aromatic heterocycles. The van der Waals surface area contributed by atoms with Gasteiger partial charge in [0, 0.05) is 17.8 Å². The topological polar surface area (TPSA) is 24.9 Å². The molecule has 0 amide bonds. The number of pyridine rings is 1. The molecular weight excluding hydrogens is 256 g/mol. The van der Waals surface area contributed by atoms with Crippen molar-refractivity contribution in [1.29, 1.82) is 0 Å². The Morgan fingerprint density at radius 1 is 1.14 bits per heavy atom. The van der Waals surface area contributed by atoms with Gasteiger partial charge in [-0.15, -0.1) is 0 Å². The summed E-state index contributed by atoms with van der Waals surface area (Å²) in [4.78, 5) is 4.36. The summed E-state index contributed by atoms with van der Waals surface area (Å²) in [6.07, 6.45) is 10.8. The Labute approximate surface area is 128 Å². The molecule has 1 N–H and O–H groups in total. The molecule has 1 aliphatic carbocycles. The van der Waals surface area contributed by atoms with Gasteiger partial charge >= 0.3 is 0 Å². The van der Waals surface area contributed by atoms with Gasteiger partial charge in [-0.25, -0.2) is 0 Å². The molecule has 0 bridgehead atoms. The molecule has 0 saturated heterocycles. The van der Waals surface area contributed by atoms with Gasteiger partial charge in [-0.05, 0) is 54.8 Å². The first-order valence-electron chi connectivity index (χ1n) is 8.43. The molecule has 3 rings (SSSR count). The van der Waals surface area contributed by atoms with Crippen LogP contribution in [-0.2, 0) is 0 Å². The minimum absolute atomic E-state index is 0.680. The zero-order chi connectivity index (χ0) is 14.5. The van der Waals surface area contributed by atoms with E-state index in [1.165, 1.54) is 48.4 Å². The number of fused-ring (bicyclic) bond motifs is 1. The van der Waals surface area contributed by atoms with E-state index in [9.17, 15) is 0 Å². The molecule has 1 aromatic carbocycles. The fraction of sp³-hybridized carbons (Fsp3) is 0.526. The van der Waals surface area contributed by atoms with Gasteiger partial charge in [0.25, 0.3) is 0 Å². The van der Waals surface area contributed by atoms with E-state index in [0.29, 0.717) is 5.92 Å². The Bertz CT molecular complexity index is 573. The number of rotatable bonds is 4. The Balaban J connectivity index is 1.96. The molecule has 2 nitrogen and oxygen atoms in total. The standard InChI is InChI=1S/C19H26N2/c1-2-20-13-16-7-4-3-5-9-17(16)18-10-6-8-15-11-12-21-14-19(15)18/h6,8,10-12,14,16-17,20H,2-5,7,9,13H2,1H3. The van der Waals surface area contributed by atoms with Crippen LogP contribution >= 0.6 is 0 Å². The lowest BCUT2D eigenvalue weighted by molar-refractivity contribution is 0.380. The van der Waals surface area contributed by atoms with E-state index in [4.69, 9.17) is 0 Å². The number of aromatic nitrogens is 1. The summed E-state index contributed by atoms with van der Waals surface area (Å²) in [5, 5.41) is 6.26. The largest absolute Gasteiger partial charge is 0.317 e. The summed E-state index contributed by atoms with van der Waals surface area (Å²) in [5.41, 5.74) is 1.52. The second-order valence-corrected chi connectivity index (χ2v) is 6.26. The van der Waals surface area contributed by atoms with Crippen molar-refractivity contribution >= 4 is 10.8 Å². The van der Waals surface area contributed by atoms with Crippen molar-refractivity contribution in [3.8, 4) is 0 Å². The molecule has 2 heteroatoms. The van der Waals surface area contributed by atoms with Crippen LogP contribution in [0, 0.1) is 5.92 Å². The Morgan fingerprint density at radius 2 is 2.05 bits per heavy atom. The molecule has 2 aromatic rings. The number of hydrogen-bond acceptors (Lipinski definition) is 2. The molecule has 1 heterocycles. The first-order valence-corrected chi connectivity index (χ1v) is 8.43. The van der Waals surface area contributed by atoms with Crippen molar-refractivity contribution in [2.24, 2.45) is 5.92 Å². The fourth-order valence-electron chi connectivity index (χ4n) is 3.83. The molecule has 0 radical (unpaired) electrons. The Morgan fingerprint density at radius 3 is 2.95 bits per heavy atom. The van der Waals surface area contributed by atoms with E-state index in [1.54, 1.807) is 0 Å². The quantitative estimate of drug-likeness (QED) is 0.835. The summed E-state index contributed by atoms with van der Waals surface area (Å²) in [5.74, 6) is 1.44. The highest BCUT2D eigenvalue weighted by atomic mass is 14.8. The zero-order valence-electron chi connectivity index (χ0n) is 13.0. The minimum atomic E-state index is 0.680. The smallest absolute Gasteiger partial charge is 0.0349 e. The lowest BCUT2D eigenvalue weighted by Crippen LogP contribution is -2.26. The van der Waals surface area contributed by atoms with Crippen molar-refractivity contribution < 1.29 is 0 Å². The van der Waals surface area contributed by atoms with E-state index in [2.05, 4.69) is 47.7 Å². The van der Waals surface area contributed by atoms with Gasteiger partial charge < -0.3 is 5.32 Å². The van der Waals surface area contributed by atoms with Crippen LogP contribution in [0.3, 0.4) is 0 Å². The van der Waals surface area contributed by atoms with Gasteiger partial charge in [-0.1, -0.05) is 44.4 Å². The summed E-state index contributed by atoms with van der Waals surface area (Å²) in [6, 6.07) is 8.89. The molecule has 0 aliphatic heterocycles. The van der Waals surface area contributed by atoms with E-state index in [1.807, 2.05) is 6.20 Å². The van der Waals surface area contributed by atoms with Gasteiger partial charge in [0.2, 0.25) is 0 Å². The maximum Gasteiger partial charge on any atom is 0.0349 e. The number of nitrogens with zero attached hydrogens (tertiary/aromatic N) is 1. The normalized spacial score (nSPS) is 23.1. The highest BCUT2D eigenvalue weighted by Gasteiger charge is 2.26. The monoisotopic (exact) mass is 282 g/mol. The van der Waals surface area contributed by atoms with Crippen LogP contribution in [0.4, 0.5) is 0 Å². The summed E-state index contributed by atoms with van der Waals surface area (Å²) >= 11 is 0. The van der Waals surface area contributed by atoms with Crippen LogP contribution in [0.15, 0.2) is 36.7 Å². The summed E-state index contributed by atoms with van der Waals surface area (Å²) in [6.45, 7) is 4.42. The summed E-state index contributed by atoms with van der Waals surface area (Å²) in [7, 11) is 0. The average Bonchev–Trinajstić information content (AvgIpc) is 2.77. The van der Waals surface area contributed by atoms with E-state index < -0.39 is 0 Å². The van der Waals surface area contributed by atoms with Crippen LogP contribution in [0.25, 0.3) is 10.8 Å². The van der Waals surface area contributed by atoms with Gasteiger partial charge in [0.1, 0.15) is 0 Å². The predicted octanol–water partition coefficient (Wildman–Crippen LogP) is 4.51. The Kier molecular flexibility index (Phi) is 4.87. The molecule has 2 unspecified atom stereocenters. The van der Waals surface area contributed by atoms with E-state index in [-0.39, 0.29) is 0 Å². The second-order valence-electron chi connectivity index (χ2n) is 6.26. The highest BCUT2D eigenvalue weighted by molar-refractivity contribution is 5.85. The van der Waals surface area contributed by atoms with Crippen molar-refractivity contribution in [2.45, 2.75) is 44.9 Å². The molecule has 21 heavy (non-hydrogen) atoms. The molecule has 2 atom stereocenters. The van der Waals surface area contributed by atoms with Gasteiger partial charge in [0.05, 0.1) is 0 Å². The van der Waals surface area contributed by atoms with Crippen LogP contribution in [0.2, 0.25) is 0 Å². The highest BCUT2D eigenvalue weighted by Crippen LogP contribution is 2.39. The van der Waals surface area contributed by atoms with Crippen LogP contribution in [0.5, 0.6) is 0 Å². The van der Waals surface area contributed by atoms with Gasteiger partial charge in [-0.3, -0.25) is 4.98 Å². The fourth-order valence-corrected chi connectivity index (χ4v) is 3.83. The Hall–Kier alpha value is -1.41. The van der Waals surface area contributed by atoms with Crippen LogP contribution in [0.1, 0.15) is 50.5 Å². The van der Waals surface area contributed by atoms with Gasteiger partial charge in [0.15, 0.2) is 0 Å². The maximum absolute atomic E-state index is 4.36. The second kappa shape index (κ2) is 7.04. The van der Waals surface area contributed by atoms with Crippen molar-refractivity contribution in [3.63, 3.8) is 0 Å². The first-order chi connectivity index (χ1) is 10.4. The molecule has 1 aliphatic rings. The number of benzene rings is 1. The molecule has 0 spiro atoms. The van der Waals surface area contributed by atoms with Crippen LogP contribution < -0.4 is 5.32 Å². The van der Waals surface area contributed by atoms with Crippen molar-refractivity contribution in [1.82, 2.24) is 10.3 Å². The van der Waals surface area contributed by atoms with Crippen molar-refractivity contribution in [2.75, 3.05) is 13.1 Å². The average molecular weight is 282 g/mol. The lowest BCUT2D eigenvalue weighted by atomic mass is 9.80. The first kappa shape index (κ1) is 14.5. The number of nitrogens with one attached hydrogen (secondary N) is 1. The molecule has 1 fully saturated rings. The molecule has 1 saturated carbocycles. The van der Waals surface area contributed by atoms with E-state index in [0.717, 1.165) is 19.0 Å². The molecular formula is C19H26N2. The third kappa shape index (κ3) is 3.26. The lowest BCUT2D eigenvalue weighted by Gasteiger charge is -2.27. The van der Waals surface area contributed by atoms with Gasteiger partial charge in [-0.2, -0.15) is 0 Å².